The molecule has 2 aromatic carbocycles. The van der Waals surface area contributed by atoms with Crippen molar-refractivity contribution in [3.63, 3.8) is 0 Å². The summed E-state index contributed by atoms with van der Waals surface area (Å²) in [6.45, 7) is 3.46. The first-order valence-corrected chi connectivity index (χ1v) is 9.35. The van der Waals surface area contributed by atoms with Crippen LogP contribution in [0.25, 0.3) is 21.1 Å². The maximum atomic E-state index is 13.5. The maximum absolute atomic E-state index is 13.5. The van der Waals surface area contributed by atoms with Crippen LogP contribution in [-0.2, 0) is 0 Å². The highest BCUT2D eigenvalue weighted by atomic mass is 32.1. The molecule has 0 radical (unpaired) electrons. The van der Waals surface area contributed by atoms with E-state index in [1.807, 2.05) is 12.1 Å². The van der Waals surface area contributed by atoms with E-state index in [-0.39, 0.29) is 5.82 Å². The van der Waals surface area contributed by atoms with Gasteiger partial charge in [-0.15, -0.1) is 0 Å². The standard InChI is InChI=1S/C19H16FN5S/c20-13-5-6-14-16(11-13)21-12-22-18(14)24-7-9-25(10-8-24)19-23-15-3-1-2-4-17(15)26-19/h1-6,11-12H,7-10H2. The number of rotatable bonds is 2. The number of hydrogen-bond acceptors (Lipinski definition) is 6. The lowest BCUT2D eigenvalue weighted by atomic mass is 10.2. The highest BCUT2D eigenvalue weighted by molar-refractivity contribution is 7.22. The van der Waals surface area contributed by atoms with E-state index in [9.17, 15) is 4.39 Å². The van der Waals surface area contributed by atoms with Gasteiger partial charge >= 0.3 is 0 Å². The second-order valence-electron chi connectivity index (χ2n) is 6.30. The number of aromatic nitrogens is 3. The Labute approximate surface area is 153 Å². The van der Waals surface area contributed by atoms with Crippen molar-refractivity contribution in [2.75, 3.05) is 36.0 Å². The van der Waals surface area contributed by atoms with Gasteiger partial charge in [-0.3, -0.25) is 0 Å². The molecule has 7 heteroatoms. The van der Waals surface area contributed by atoms with Gasteiger partial charge in [0.15, 0.2) is 5.13 Å². The van der Waals surface area contributed by atoms with E-state index in [1.54, 1.807) is 17.4 Å². The number of fused-ring (bicyclic) bond motifs is 2. The summed E-state index contributed by atoms with van der Waals surface area (Å²) in [6, 6.07) is 12.9. The number of para-hydroxylation sites is 1. The van der Waals surface area contributed by atoms with Gasteiger partial charge in [-0.1, -0.05) is 23.5 Å². The van der Waals surface area contributed by atoms with Crippen molar-refractivity contribution < 1.29 is 4.39 Å². The number of thiazole rings is 1. The minimum Gasteiger partial charge on any atom is -0.352 e. The molecular formula is C19H16FN5S. The Hall–Kier alpha value is -2.80. The van der Waals surface area contributed by atoms with Crippen LogP contribution in [0.2, 0.25) is 0 Å². The van der Waals surface area contributed by atoms with E-state index in [4.69, 9.17) is 4.98 Å². The Kier molecular flexibility index (Phi) is 3.67. The van der Waals surface area contributed by atoms with Crippen molar-refractivity contribution in [3.8, 4) is 0 Å². The van der Waals surface area contributed by atoms with E-state index < -0.39 is 0 Å². The van der Waals surface area contributed by atoms with Crippen molar-refractivity contribution in [3.05, 3.63) is 54.6 Å². The summed E-state index contributed by atoms with van der Waals surface area (Å²) >= 11 is 1.73. The monoisotopic (exact) mass is 365 g/mol. The minimum atomic E-state index is -0.275. The fraction of sp³-hybridized carbons (Fsp3) is 0.211. The largest absolute Gasteiger partial charge is 0.352 e. The predicted octanol–water partition coefficient (Wildman–Crippen LogP) is 3.71. The first kappa shape index (κ1) is 15.5. The Morgan fingerprint density at radius 2 is 1.69 bits per heavy atom. The number of nitrogens with zero attached hydrogens (tertiary/aromatic N) is 5. The number of anilines is 2. The van der Waals surface area contributed by atoms with E-state index in [0.717, 1.165) is 48.0 Å². The van der Waals surface area contributed by atoms with E-state index in [2.05, 4.69) is 31.9 Å². The molecule has 5 rings (SSSR count). The van der Waals surface area contributed by atoms with Crippen molar-refractivity contribution in [1.82, 2.24) is 15.0 Å². The number of hydrogen-bond donors (Lipinski definition) is 0. The molecule has 0 N–H and O–H groups in total. The van der Waals surface area contributed by atoms with Crippen LogP contribution in [0, 0.1) is 5.82 Å². The molecule has 0 atom stereocenters. The van der Waals surface area contributed by atoms with E-state index in [1.165, 1.54) is 23.2 Å². The van der Waals surface area contributed by atoms with Crippen LogP contribution < -0.4 is 9.80 Å². The van der Waals surface area contributed by atoms with E-state index >= 15 is 0 Å². The average Bonchev–Trinajstić information content (AvgIpc) is 3.12. The summed E-state index contributed by atoms with van der Waals surface area (Å²) < 4.78 is 14.7. The highest BCUT2D eigenvalue weighted by Gasteiger charge is 2.22. The van der Waals surface area contributed by atoms with Crippen molar-refractivity contribution in [1.29, 1.82) is 0 Å². The van der Waals surface area contributed by atoms with Crippen molar-refractivity contribution in [2.24, 2.45) is 0 Å². The maximum Gasteiger partial charge on any atom is 0.186 e. The normalized spacial score (nSPS) is 15.1. The highest BCUT2D eigenvalue weighted by Crippen LogP contribution is 2.30. The molecule has 2 aromatic heterocycles. The molecule has 1 aliphatic rings. The Morgan fingerprint density at radius 3 is 2.54 bits per heavy atom. The smallest absolute Gasteiger partial charge is 0.186 e. The van der Waals surface area contributed by atoms with Crippen molar-refractivity contribution >= 4 is 43.4 Å². The summed E-state index contributed by atoms with van der Waals surface area (Å²) in [7, 11) is 0. The number of halogens is 1. The Bertz CT molecular complexity index is 1050. The molecule has 0 unspecified atom stereocenters. The average molecular weight is 365 g/mol. The van der Waals surface area contributed by atoms with Crippen LogP contribution in [0.1, 0.15) is 0 Å². The van der Waals surface area contributed by atoms with Gasteiger partial charge in [-0.05, 0) is 24.3 Å². The molecule has 3 heterocycles. The molecule has 0 amide bonds. The molecule has 130 valence electrons. The molecule has 1 saturated heterocycles. The molecular weight excluding hydrogens is 349 g/mol. The number of piperazine rings is 1. The molecule has 0 spiro atoms. The van der Waals surface area contributed by atoms with Crippen LogP contribution in [0.15, 0.2) is 48.8 Å². The van der Waals surface area contributed by atoms with Crippen LogP contribution in [0.4, 0.5) is 15.3 Å². The number of benzene rings is 2. The van der Waals surface area contributed by atoms with Gasteiger partial charge in [0.1, 0.15) is 18.0 Å². The zero-order valence-corrected chi connectivity index (χ0v) is 14.8. The summed E-state index contributed by atoms with van der Waals surface area (Å²) in [5.74, 6) is 0.599. The van der Waals surface area contributed by atoms with Gasteiger partial charge in [-0.2, -0.15) is 0 Å². The summed E-state index contributed by atoms with van der Waals surface area (Å²) in [6.07, 6.45) is 1.51. The third-order valence-electron chi connectivity index (χ3n) is 4.71. The second-order valence-corrected chi connectivity index (χ2v) is 7.31. The zero-order valence-electron chi connectivity index (χ0n) is 14.0. The topological polar surface area (TPSA) is 45.2 Å². The Balaban J connectivity index is 1.39. The molecule has 5 nitrogen and oxygen atoms in total. The molecule has 0 aliphatic carbocycles. The molecule has 1 aliphatic heterocycles. The summed E-state index contributed by atoms with van der Waals surface area (Å²) in [4.78, 5) is 18.0. The molecule has 1 fully saturated rings. The quantitative estimate of drug-likeness (QED) is 0.542. The second kappa shape index (κ2) is 6.17. The Morgan fingerprint density at radius 1 is 0.885 bits per heavy atom. The summed E-state index contributed by atoms with van der Waals surface area (Å²) in [5.41, 5.74) is 1.70. The molecule has 0 bridgehead atoms. The van der Waals surface area contributed by atoms with Gasteiger partial charge in [-0.25, -0.2) is 19.3 Å². The van der Waals surface area contributed by atoms with Crippen LogP contribution in [0.5, 0.6) is 0 Å². The lowest BCUT2D eigenvalue weighted by molar-refractivity contribution is 0.629. The summed E-state index contributed by atoms with van der Waals surface area (Å²) in [5, 5.41) is 1.96. The van der Waals surface area contributed by atoms with E-state index in [0.29, 0.717) is 5.52 Å². The van der Waals surface area contributed by atoms with Gasteiger partial charge in [0.05, 0.1) is 15.7 Å². The lowest BCUT2D eigenvalue weighted by Gasteiger charge is -2.35. The fourth-order valence-corrected chi connectivity index (χ4v) is 4.39. The third kappa shape index (κ3) is 2.64. The van der Waals surface area contributed by atoms with Gasteiger partial charge in [0, 0.05) is 37.6 Å². The van der Waals surface area contributed by atoms with Gasteiger partial charge in [0.2, 0.25) is 0 Å². The van der Waals surface area contributed by atoms with Crippen molar-refractivity contribution in [2.45, 2.75) is 0 Å². The third-order valence-corrected chi connectivity index (χ3v) is 5.81. The SMILES string of the molecule is Fc1ccc2c(N3CCN(c4nc5ccccc5s4)CC3)ncnc2c1. The lowest BCUT2D eigenvalue weighted by Crippen LogP contribution is -2.46. The van der Waals surface area contributed by atoms with Crippen LogP contribution in [-0.4, -0.2) is 41.1 Å². The predicted molar refractivity (Wildman–Crippen MR) is 104 cm³/mol. The van der Waals surface area contributed by atoms with Gasteiger partial charge < -0.3 is 9.80 Å². The first-order chi connectivity index (χ1) is 12.8. The molecule has 0 saturated carbocycles. The minimum absolute atomic E-state index is 0.275. The van der Waals surface area contributed by atoms with Crippen LogP contribution in [0.3, 0.4) is 0 Å². The van der Waals surface area contributed by atoms with Crippen LogP contribution >= 0.6 is 11.3 Å². The fourth-order valence-electron chi connectivity index (χ4n) is 3.37. The molecule has 4 aromatic rings. The zero-order chi connectivity index (χ0) is 17.5. The molecule has 26 heavy (non-hydrogen) atoms. The van der Waals surface area contributed by atoms with Gasteiger partial charge in [0.25, 0.3) is 0 Å². The first-order valence-electron chi connectivity index (χ1n) is 8.54.